The third-order valence-electron chi connectivity index (χ3n) is 4.51. The van der Waals surface area contributed by atoms with Gasteiger partial charge in [0.15, 0.2) is 0 Å². The zero-order chi connectivity index (χ0) is 21.6. The molecule has 1 aromatic carbocycles. The van der Waals surface area contributed by atoms with Crippen molar-refractivity contribution in [1.82, 2.24) is 30.8 Å². The van der Waals surface area contributed by atoms with E-state index < -0.39 is 12.0 Å². The summed E-state index contributed by atoms with van der Waals surface area (Å²) in [5.74, 6) is -0.173. The number of esters is 1. The van der Waals surface area contributed by atoms with Crippen molar-refractivity contribution in [2.75, 3.05) is 12.4 Å². The van der Waals surface area contributed by atoms with E-state index in [0.717, 1.165) is 10.4 Å². The van der Waals surface area contributed by atoms with E-state index in [2.05, 4.69) is 26.2 Å². The van der Waals surface area contributed by atoms with Gasteiger partial charge >= 0.3 is 12.0 Å². The molecular formula is C20H20N6O3S2. The minimum atomic E-state index is -0.605. The lowest BCUT2D eigenvalue weighted by Crippen LogP contribution is -2.46. The first-order valence-corrected chi connectivity index (χ1v) is 11.5. The molecule has 0 spiro atoms. The van der Waals surface area contributed by atoms with Gasteiger partial charge in [0, 0.05) is 16.3 Å². The fourth-order valence-corrected chi connectivity index (χ4v) is 4.69. The summed E-state index contributed by atoms with van der Waals surface area (Å²) < 4.78 is 6.98. The van der Waals surface area contributed by atoms with Crippen LogP contribution in [0.4, 0.5) is 4.79 Å². The number of benzene rings is 1. The van der Waals surface area contributed by atoms with Crippen molar-refractivity contribution < 1.29 is 14.3 Å². The Bertz CT molecular complexity index is 1080. The quantitative estimate of drug-likeness (QED) is 0.396. The van der Waals surface area contributed by atoms with Gasteiger partial charge < -0.3 is 15.4 Å². The summed E-state index contributed by atoms with van der Waals surface area (Å²) in [5.41, 5.74) is 1.65. The normalized spacial score (nSPS) is 16.0. The molecule has 9 nitrogen and oxygen atoms in total. The van der Waals surface area contributed by atoms with Gasteiger partial charge in [0.25, 0.3) is 0 Å². The number of hydrogen-bond acceptors (Lipinski definition) is 8. The molecule has 0 aliphatic carbocycles. The summed E-state index contributed by atoms with van der Waals surface area (Å²) in [6.07, 6.45) is 0. The van der Waals surface area contributed by atoms with E-state index in [4.69, 9.17) is 4.74 Å². The van der Waals surface area contributed by atoms with Crippen LogP contribution in [-0.2, 0) is 16.1 Å². The summed E-state index contributed by atoms with van der Waals surface area (Å²) in [7, 11) is 0. The zero-order valence-corrected chi connectivity index (χ0v) is 18.3. The van der Waals surface area contributed by atoms with Gasteiger partial charge in [-0.15, -0.1) is 16.4 Å². The van der Waals surface area contributed by atoms with Gasteiger partial charge in [-0.1, -0.05) is 48.2 Å². The molecule has 0 saturated carbocycles. The van der Waals surface area contributed by atoms with Crippen molar-refractivity contribution in [3.8, 4) is 0 Å². The van der Waals surface area contributed by atoms with E-state index >= 15 is 0 Å². The van der Waals surface area contributed by atoms with Gasteiger partial charge in [0.2, 0.25) is 5.16 Å². The van der Waals surface area contributed by atoms with Crippen LogP contribution in [0.1, 0.15) is 23.4 Å². The van der Waals surface area contributed by atoms with Crippen LogP contribution in [0.5, 0.6) is 0 Å². The van der Waals surface area contributed by atoms with Crippen molar-refractivity contribution in [1.29, 1.82) is 0 Å². The van der Waals surface area contributed by atoms with Crippen LogP contribution in [0, 0.1) is 0 Å². The highest BCUT2D eigenvalue weighted by Crippen LogP contribution is 2.30. The van der Waals surface area contributed by atoms with Gasteiger partial charge in [0.05, 0.1) is 24.8 Å². The topological polar surface area (TPSA) is 111 Å². The third kappa shape index (κ3) is 4.94. The minimum absolute atomic E-state index is 0.233. The van der Waals surface area contributed by atoms with Crippen molar-refractivity contribution in [2.45, 2.75) is 24.7 Å². The fourth-order valence-electron chi connectivity index (χ4n) is 3.16. The first-order valence-electron chi connectivity index (χ1n) is 9.59. The van der Waals surface area contributed by atoms with Crippen LogP contribution >= 0.6 is 23.1 Å². The first kappa shape index (κ1) is 21.1. The predicted molar refractivity (Wildman–Crippen MR) is 116 cm³/mol. The number of thioether (sulfide) groups is 1. The van der Waals surface area contributed by atoms with E-state index in [1.165, 1.54) is 11.8 Å². The minimum Gasteiger partial charge on any atom is -0.463 e. The molecule has 31 heavy (non-hydrogen) atoms. The van der Waals surface area contributed by atoms with Crippen LogP contribution in [-0.4, -0.2) is 44.6 Å². The Hall–Kier alpha value is -3.18. The summed E-state index contributed by atoms with van der Waals surface area (Å²) in [6, 6.07) is 12.3. The standard InChI is InChI=1S/C20H20N6O3S2/c1-2-29-18(27)16-15(21-19(28)22-17(16)13-7-4-3-5-8-13)12-31-20-23-24-25-26(20)11-14-9-6-10-30-14/h3-10,17H,2,11-12H2,1H3,(H2,21,22,28)/t17-/m1/s1. The molecule has 0 radical (unpaired) electrons. The molecule has 4 rings (SSSR count). The number of carbonyl (C=O) groups is 2. The lowest BCUT2D eigenvalue weighted by molar-refractivity contribution is -0.139. The fraction of sp³-hybridized carbons (Fsp3) is 0.250. The molecule has 2 aromatic heterocycles. The smallest absolute Gasteiger partial charge is 0.338 e. The van der Waals surface area contributed by atoms with Crippen molar-refractivity contribution in [2.24, 2.45) is 0 Å². The highest BCUT2D eigenvalue weighted by atomic mass is 32.2. The molecule has 2 N–H and O–H groups in total. The number of rotatable bonds is 8. The Kier molecular flexibility index (Phi) is 6.63. The van der Waals surface area contributed by atoms with Gasteiger partial charge in [0.1, 0.15) is 0 Å². The molecule has 11 heteroatoms. The average Bonchev–Trinajstić information content (AvgIpc) is 3.45. The Balaban J connectivity index is 1.61. The molecule has 160 valence electrons. The number of hydrogen-bond donors (Lipinski definition) is 2. The molecule has 2 amide bonds. The monoisotopic (exact) mass is 456 g/mol. The maximum absolute atomic E-state index is 12.8. The number of nitrogens with one attached hydrogen (secondary N) is 2. The van der Waals surface area contributed by atoms with Crippen molar-refractivity contribution in [3.63, 3.8) is 0 Å². The van der Waals surface area contributed by atoms with Crippen LogP contribution in [0.3, 0.4) is 0 Å². The average molecular weight is 457 g/mol. The van der Waals surface area contributed by atoms with E-state index in [0.29, 0.717) is 28.7 Å². The lowest BCUT2D eigenvalue weighted by Gasteiger charge is -2.29. The van der Waals surface area contributed by atoms with Gasteiger partial charge in [-0.2, -0.15) is 0 Å². The van der Waals surface area contributed by atoms with Crippen molar-refractivity contribution in [3.05, 3.63) is 69.6 Å². The molecule has 0 bridgehead atoms. The van der Waals surface area contributed by atoms with Crippen LogP contribution in [0.2, 0.25) is 0 Å². The van der Waals surface area contributed by atoms with Crippen LogP contribution in [0.15, 0.2) is 64.3 Å². The number of carbonyl (C=O) groups excluding carboxylic acids is 2. The second-order valence-corrected chi connectivity index (χ2v) is 8.52. The maximum atomic E-state index is 12.8. The zero-order valence-electron chi connectivity index (χ0n) is 16.6. The highest BCUT2D eigenvalue weighted by Gasteiger charge is 2.33. The third-order valence-corrected chi connectivity index (χ3v) is 6.36. The summed E-state index contributed by atoms with van der Waals surface area (Å²) in [6.45, 7) is 2.53. The Morgan fingerprint density at radius 2 is 2.10 bits per heavy atom. The summed E-state index contributed by atoms with van der Waals surface area (Å²) >= 11 is 2.97. The molecule has 1 aliphatic heterocycles. The Labute approximate surface area is 186 Å². The molecule has 0 fully saturated rings. The number of thiophene rings is 1. The van der Waals surface area contributed by atoms with E-state index in [9.17, 15) is 9.59 Å². The van der Waals surface area contributed by atoms with Crippen LogP contribution < -0.4 is 10.6 Å². The molecule has 1 aliphatic rings. The van der Waals surface area contributed by atoms with Gasteiger partial charge in [-0.25, -0.2) is 14.3 Å². The molecule has 3 heterocycles. The van der Waals surface area contributed by atoms with E-state index in [1.54, 1.807) is 22.9 Å². The number of aromatic nitrogens is 4. The Morgan fingerprint density at radius 1 is 1.26 bits per heavy atom. The molecule has 3 aromatic rings. The largest absolute Gasteiger partial charge is 0.463 e. The SMILES string of the molecule is CCOC(=O)C1=C(CSc2nnnn2Cc2cccs2)NC(=O)N[C@@H]1c1ccccc1. The number of amides is 2. The van der Waals surface area contributed by atoms with Gasteiger partial charge in [-0.3, -0.25) is 0 Å². The second kappa shape index (κ2) is 9.75. The second-order valence-electron chi connectivity index (χ2n) is 6.54. The highest BCUT2D eigenvalue weighted by molar-refractivity contribution is 7.99. The number of ether oxygens (including phenoxy) is 1. The molecule has 0 saturated heterocycles. The molecule has 0 unspecified atom stereocenters. The molecule has 1 atom stereocenters. The number of tetrazole rings is 1. The molecular weight excluding hydrogens is 436 g/mol. The van der Waals surface area contributed by atoms with Crippen molar-refractivity contribution >= 4 is 35.1 Å². The summed E-state index contributed by atoms with van der Waals surface area (Å²) in [5, 5.41) is 20.1. The summed E-state index contributed by atoms with van der Waals surface area (Å²) in [4.78, 5) is 26.3. The lowest BCUT2D eigenvalue weighted by atomic mass is 9.95. The van der Waals surface area contributed by atoms with E-state index in [-0.39, 0.29) is 12.6 Å². The predicted octanol–water partition coefficient (Wildman–Crippen LogP) is 2.75. The number of nitrogens with zero attached hydrogens (tertiary/aromatic N) is 4. The van der Waals surface area contributed by atoms with Gasteiger partial charge in [-0.05, 0) is 34.4 Å². The Morgan fingerprint density at radius 3 is 2.84 bits per heavy atom. The van der Waals surface area contributed by atoms with Crippen LogP contribution in [0.25, 0.3) is 0 Å². The first-order chi connectivity index (χ1) is 15.2. The number of urea groups is 1. The van der Waals surface area contributed by atoms with E-state index in [1.807, 2.05) is 47.8 Å². The maximum Gasteiger partial charge on any atom is 0.338 e.